The smallest absolute Gasteiger partial charge is 0.225 e. The number of amides is 1. The van der Waals surface area contributed by atoms with E-state index in [0.717, 1.165) is 32.9 Å². The summed E-state index contributed by atoms with van der Waals surface area (Å²) in [5.41, 5.74) is 2.75. The highest BCUT2D eigenvalue weighted by Gasteiger charge is 2.15. The molecule has 1 unspecified atom stereocenters. The Balaban J connectivity index is 1.60. The van der Waals surface area contributed by atoms with Gasteiger partial charge < -0.3 is 9.73 Å². The Kier molecular flexibility index (Phi) is 3.94. The van der Waals surface area contributed by atoms with E-state index in [1.165, 1.54) is 0 Å². The average Bonchev–Trinajstić information content (AvgIpc) is 3.05. The minimum Gasteiger partial charge on any atom is -0.464 e. The summed E-state index contributed by atoms with van der Waals surface area (Å²) in [6.07, 6.45) is 5.44. The third-order valence-electron chi connectivity index (χ3n) is 4.47. The second-order valence-electron chi connectivity index (χ2n) is 6.17. The molecule has 4 rings (SSSR count). The Morgan fingerprint density at radius 3 is 2.76 bits per heavy atom. The quantitative estimate of drug-likeness (QED) is 0.603. The van der Waals surface area contributed by atoms with Crippen molar-refractivity contribution in [1.29, 1.82) is 0 Å². The van der Waals surface area contributed by atoms with E-state index < -0.39 is 0 Å². The number of aromatic nitrogens is 1. The summed E-state index contributed by atoms with van der Waals surface area (Å²) < 4.78 is 5.66. The third kappa shape index (κ3) is 2.98. The lowest BCUT2D eigenvalue weighted by Gasteiger charge is -2.13. The molecule has 4 aromatic rings. The van der Waals surface area contributed by atoms with E-state index in [4.69, 9.17) is 4.42 Å². The summed E-state index contributed by atoms with van der Waals surface area (Å²) in [4.78, 5) is 16.5. The first-order valence-electron chi connectivity index (χ1n) is 8.29. The van der Waals surface area contributed by atoms with Gasteiger partial charge in [0.15, 0.2) is 0 Å². The van der Waals surface area contributed by atoms with Gasteiger partial charge in [0, 0.05) is 23.3 Å². The van der Waals surface area contributed by atoms with Crippen molar-refractivity contribution in [2.75, 3.05) is 0 Å². The minimum atomic E-state index is -0.0644. The highest BCUT2D eigenvalue weighted by atomic mass is 16.3. The van der Waals surface area contributed by atoms with Crippen LogP contribution in [-0.4, -0.2) is 10.9 Å². The zero-order valence-electron chi connectivity index (χ0n) is 13.9. The lowest BCUT2D eigenvalue weighted by molar-refractivity contribution is -0.121. The maximum atomic E-state index is 12.5. The second kappa shape index (κ2) is 6.40. The Labute approximate surface area is 145 Å². The molecule has 2 heterocycles. The number of nitrogens with one attached hydrogen (secondary N) is 1. The maximum absolute atomic E-state index is 12.5. The van der Waals surface area contributed by atoms with Gasteiger partial charge in [0.05, 0.1) is 18.7 Å². The summed E-state index contributed by atoms with van der Waals surface area (Å²) in [6.45, 7) is 1.97. The van der Waals surface area contributed by atoms with Crippen LogP contribution in [0.3, 0.4) is 0 Å². The molecule has 0 saturated carbocycles. The van der Waals surface area contributed by atoms with Gasteiger partial charge in [-0.05, 0) is 41.5 Å². The molecule has 0 spiro atoms. The van der Waals surface area contributed by atoms with Crippen LogP contribution in [0.15, 0.2) is 71.6 Å². The van der Waals surface area contributed by atoms with Crippen LogP contribution in [-0.2, 0) is 11.2 Å². The lowest BCUT2D eigenvalue weighted by Crippen LogP contribution is -2.28. The highest BCUT2D eigenvalue weighted by Crippen LogP contribution is 2.30. The first-order valence-corrected chi connectivity index (χ1v) is 8.29. The zero-order valence-corrected chi connectivity index (χ0v) is 13.9. The standard InChI is InChI=1S/C21H18N2O2/c1-14(15-8-10-22-11-9-15)23-20(24)12-17-13-25-19-7-6-16-4-2-3-5-18(16)21(17)19/h2-11,13-14H,12H2,1H3,(H,23,24). The first kappa shape index (κ1) is 15.4. The number of carbonyl (C=O) groups is 1. The Hall–Kier alpha value is -3.14. The third-order valence-corrected chi connectivity index (χ3v) is 4.47. The molecule has 0 bridgehead atoms. The molecule has 25 heavy (non-hydrogen) atoms. The molecule has 1 atom stereocenters. The molecule has 0 aliphatic rings. The molecular formula is C21H18N2O2. The number of hydrogen-bond donors (Lipinski definition) is 1. The SMILES string of the molecule is CC(NC(=O)Cc1coc2ccc3ccccc3c12)c1ccncc1. The van der Waals surface area contributed by atoms with Crippen LogP contribution in [0.4, 0.5) is 0 Å². The summed E-state index contributed by atoms with van der Waals surface area (Å²) in [5.74, 6) is -0.0278. The number of nitrogens with zero attached hydrogens (tertiary/aromatic N) is 1. The Morgan fingerprint density at radius 1 is 1.12 bits per heavy atom. The van der Waals surface area contributed by atoms with Gasteiger partial charge in [0.1, 0.15) is 5.58 Å². The van der Waals surface area contributed by atoms with E-state index in [0.29, 0.717) is 0 Å². The van der Waals surface area contributed by atoms with E-state index in [-0.39, 0.29) is 18.4 Å². The molecule has 0 radical (unpaired) electrons. The average molecular weight is 330 g/mol. The van der Waals surface area contributed by atoms with Gasteiger partial charge in [-0.15, -0.1) is 0 Å². The van der Waals surface area contributed by atoms with Gasteiger partial charge in [-0.3, -0.25) is 9.78 Å². The topological polar surface area (TPSA) is 55.1 Å². The van der Waals surface area contributed by atoms with E-state index in [9.17, 15) is 4.79 Å². The number of pyridine rings is 1. The number of furan rings is 1. The Bertz CT molecular complexity index is 1040. The van der Waals surface area contributed by atoms with Gasteiger partial charge in [0.25, 0.3) is 0 Å². The van der Waals surface area contributed by atoms with Crippen LogP contribution in [0.25, 0.3) is 21.7 Å². The van der Waals surface area contributed by atoms with Crippen molar-refractivity contribution in [3.8, 4) is 0 Å². The summed E-state index contributed by atoms with van der Waals surface area (Å²) in [7, 11) is 0. The molecule has 0 fully saturated rings. The van der Waals surface area contributed by atoms with Crippen molar-refractivity contribution >= 4 is 27.6 Å². The van der Waals surface area contributed by atoms with E-state index >= 15 is 0 Å². The number of hydrogen-bond acceptors (Lipinski definition) is 3. The zero-order chi connectivity index (χ0) is 17.2. The largest absolute Gasteiger partial charge is 0.464 e. The van der Waals surface area contributed by atoms with E-state index in [2.05, 4.69) is 22.4 Å². The molecule has 4 nitrogen and oxygen atoms in total. The monoisotopic (exact) mass is 330 g/mol. The van der Waals surface area contributed by atoms with Crippen LogP contribution in [0.1, 0.15) is 24.1 Å². The number of fused-ring (bicyclic) bond motifs is 3. The normalized spacial score (nSPS) is 12.4. The van der Waals surface area contributed by atoms with Crippen molar-refractivity contribution in [2.45, 2.75) is 19.4 Å². The number of benzene rings is 2. The first-order chi connectivity index (χ1) is 12.2. The molecule has 124 valence electrons. The molecule has 2 aromatic carbocycles. The van der Waals surface area contributed by atoms with Gasteiger partial charge in [-0.2, -0.15) is 0 Å². The fourth-order valence-electron chi connectivity index (χ4n) is 3.21. The summed E-state index contributed by atoms with van der Waals surface area (Å²) in [6, 6.07) is 15.9. The Morgan fingerprint density at radius 2 is 1.92 bits per heavy atom. The van der Waals surface area contributed by atoms with Crippen LogP contribution in [0, 0.1) is 0 Å². The highest BCUT2D eigenvalue weighted by molar-refractivity contribution is 6.08. The lowest BCUT2D eigenvalue weighted by atomic mass is 10.0. The predicted octanol–water partition coefficient (Wildman–Crippen LogP) is 4.40. The minimum absolute atomic E-state index is 0.0278. The molecule has 1 amide bonds. The van der Waals surface area contributed by atoms with Gasteiger partial charge in [-0.25, -0.2) is 0 Å². The van der Waals surface area contributed by atoms with Gasteiger partial charge in [-0.1, -0.05) is 30.3 Å². The summed E-state index contributed by atoms with van der Waals surface area (Å²) >= 11 is 0. The van der Waals surface area contributed by atoms with Crippen molar-refractivity contribution in [3.05, 3.63) is 78.3 Å². The molecule has 1 N–H and O–H groups in total. The molecule has 0 saturated heterocycles. The second-order valence-corrected chi connectivity index (χ2v) is 6.17. The van der Waals surface area contributed by atoms with Gasteiger partial charge >= 0.3 is 0 Å². The van der Waals surface area contributed by atoms with Crippen molar-refractivity contribution < 1.29 is 9.21 Å². The molecule has 0 aliphatic carbocycles. The molecule has 0 aliphatic heterocycles. The van der Waals surface area contributed by atoms with Gasteiger partial charge in [0.2, 0.25) is 5.91 Å². The fraction of sp³-hybridized carbons (Fsp3) is 0.143. The predicted molar refractivity (Wildman–Crippen MR) is 98.2 cm³/mol. The van der Waals surface area contributed by atoms with Crippen molar-refractivity contribution in [1.82, 2.24) is 10.3 Å². The number of carbonyl (C=O) groups excluding carboxylic acids is 1. The molecule has 2 aromatic heterocycles. The van der Waals surface area contributed by atoms with Crippen LogP contribution in [0.2, 0.25) is 0 Å². The molecule has 4 heteroatoms. The summed E-state index contributed by atoms with van der Waals surface area (Å²) in [5, 5.41) is 6.31. The van der Waals surface area contributed by atoms with Crippen LogP contribution >= 0.6 is 0 Å². The van der Waals surface area contributed by atoms with Crippen molar-refractivity contribution in [3.63, 3.8) is 0 Å². The number of rotatable bonds is 4. The van der Waals surface area contributed by atoms with Crippen molar-refractivity contribution in [2.24, 2.45) is 0 Å². The molecular weight excluding hydrogens is 312 g/mol. The van der Waals surface area contributed by atoms with Crippen LogP contribution in [0.5, 0.6) is 0 Å². The van der Waals surface area contributed by atoms with E-state index in [1.54, 1.807) is 18.7 Å². The van der Waals surface area contributed by atoms with Crippen LogP contribution < -0.4 is 5.32 Å². The van der Waals surface area contributed by atoms with E-state index in [1.807, 2.05) is 43.3 Å². The maximum Gasteiger partial charge on any atom is 0.225 e. The fourth-order valence-corrected chi connectivity index (χ4v) is 3.21.